The maximum atomic E-state index is 13.2. The molecular weight excluding hydrogens is 340 g/mol. The summed E-state index contributed by atoms with van der Waals surface area (Å²) in [6, 6.07) is 8.16. The molecule has 27 heavy (non-hydrogen) atoms. The second-order valence-corrected chi connectivity index (χ2v) is 8.61. The quantitative estimate of drug-likeness (QED) is 0.592. The number of aryl methyl sites for hydroxylation is 1. The summed E-state index contributed by atoms with van der Waals surface area (Å²) in [6.07, 6.45) is 7.49. The smallest absolute Gasteiger partial charge is 0.248 e. The first-order valence-corrected chi connectivity index (χ1v) is 10.2. The van der Waals surface area contributed by atoms with Gasteiger partial charge in [0.05, 0.1) is 11.3 Å². The number of carbonyl (C=O) groups is 2. The summed E-state index contributed by atoms with van der Waals surface area (Å²) in [4.78, 5) is 27.3. The first-order valence-electron chi connectivity index (χ1n) is 10.2. The van der Waals surface area contributed by atoms with Gasteiger partial charge in [0.15, 0.2) is 0 Å². The van der Waals surface area contributed by atoms with Crippen LogP contribution in [-0.4, -0.2) is 35.0 Å². The first-order chi connectivity index (χ1) is 12.9. The third kappa shape index (κ3) is 4.34. The van der Waals surface area contributed by atoms with Gasteiger partial charge in [0.1, 0.15) is 0 Å². The summed E-state index contributed by atoms with van der Waals surface area (Å²) in [7, 11) is 0. The van der Waals surface area contributed by atoms with Crippen LogP contribution in [0.2, 0.25) is 0 Å². The molecule has 5 heteroatoms. The molecule has 0 radical (unpaired) electrons. The Kier molecular flexibility index (Phi) is 6.20. The molecule has 0 spiro atoms. The van der Waals surface area contributed by atoms with Gasteiger partial charge in [-0.05, 0) is 38.2 Å². The Hall–Kier alpha value is -1.88. The Balaban J connectivity index is 1.69. The second-order valence-electron chi connectivity index (χ2n) is 8.61. The summed E-state index contributed by atoms with van der Waals surface area (Å²) in [5, 5.41) is 9.18. The van der Waals surface area contributed by atoms with Crippen LogP contribution in [0.25, 0.3) is 0 Å². The minimum atomic E-state index is -0.529. The van der Waals surface area contributed by atoms with Crippen LogP contribution in [0, 0.1) is 18.8 Å². The lowest BCUT2D eigenvalue weighted by molar-refractivity contribution is -0.137. The minimum absolute atomic E-state index is 0.0886. The van der Waals surface area contributed by atoms with Crippen molar-refractivity contribution < 1.29 is 14.8 Å². The maximum Gasteiger partial charge on any atom is 0.248 e. The number of hydroxylamine groups is 1. The van der Waals surface area contributed by atoms with Crippen LogP contribution >= 0.6 is 0 Å². The van der Waals surface area contributed by atoms with Gasteiger partial charge in [-0.15, -0.1) is 0 Å². The monoisotopic (exact) mass is 372 g/mol. The molecule has 2 fully saturated rings. The van der Waals surface area contributed by atoms with E-state index in [1.165, 1.54) is 24.8 Å². The molecular formula is C22H32N2O3. The van der Waals surface area contributed by atoms with Gasteiger partial charge >= 0.3 is 0 Å². The van der Waals surface area contributed by atoms with E-state index in [4.69, 9.17) is 0 Å². The number of likely N-dealkylation sites (tertiary alicyclic amines) is 1. The number of rotatable bonds is 6. The van der Waals surface area contributed by atoms with Crippen molar-refractivity contribution in [2.45, 2.75) is 64.2 Å². The molecule has 0 aromatic heterocycles. The van der Waals surface area contributed by atoms with Crippen LogP contribution in [0.5, 0.6) is 0 Å². The van der Waals surface area contributed by atoms with E-state index in [0.29, 0.717) is 19.0 Å². The van der Waals surface area contributed by atoms with E-state index < -0.39 is 5.41 Å². The highest BCUT2D eigenvalue weighted by molar-refractivity contribution is 5.90. The number of hydrogen-bond donors (Lipinski definition) is 2. The van der Waals surface area contributed by atoms with Crippen LogP contribution in [0.4, 0.5) is 0 Å². The van der Waals surface area contributed by atoms with E-state index in [1.54, 1.807) is 0 Å². The maximum absolute atomic E-state index is 13.2. The molecule has 148 valence electrons. The zero-order valence-corrected chi connectivity index (χ0v) is 16.5. The molecule has 2 amide bonds. The zero-order chi connectivity index (χ0) is 19.4. The molecule has 3 rings (SSSR count). The Morgan fingerprint density at radius 2 is 1.93 bits per heavy atom. The molecule has 1 aliphatic carbocycles. The molecule has 1 unspecified atom stereocenters. The number of carbonyl (C=O) groups excluding carboxylic acids is 2. The largest absolute Gasteiger partial charge is 0.341 e. The molecule has 1 heterocycles. The van der Waals surface area contributed by atoms with Gasteiger partial charge < -0.3 is 4.90 Å². The van der Waals surface area contributed by atoms with Crippen LogP contribution in [0.15, 0.2) is 24.3 Å². The fourth-order valence-electron chi connectivity index (χ4n) is 4.73. The molecule has 2 atom stereocenters. The lowest BCUT2D eigenvalue weighted by Gasteiger charge is -2.29. The van der Waals surface area contributed by atoms with Crippen molar-refractivity contribution in [1.29, 1.82) is 0 Å². The van der Waals surface area contributed by atoms with Gasteiger partial charge in [0, 0.05) is 13.1 Å². The van der Waals surface area contributed by atoms with Gasteiger partial charge in [-0.3, -0.25) is 14.8 Å². The highest BCUT2D eigenvalue weighted by Gasteiger charge is 2.45. The van der Waals surface area contributed by atoms with Crippen molar-refractivity contribution in [3.05, 3.63) is 35.4 Å². The van der Waals surface area contributed by atoms with Gasteiger partial charge in [0.2, 0.25) is 11.8 Å². The summed E-state index contributed by atoms with van der Waals surface area (Å²) in [5.74, 6) is -0.104. The molecule has 5 nitrogen and oxygen atoms in total. The van der Waals surface area contributed by atoms with Crippen molar-refractivity contribution in [1.82, 2.24) is 10.4 Å². The molecule has 1 aliphatic heterocycles. The topological polar surface area (TPSA) is 69.6 Å². The fourth-order valence-corrected chi connectivity index (χ4v) is 4.73. The van der Waals surface area contributed by atoms with Gasteiger partial charge in [-0.2, -0.15) is 0 Å². The number of amides is 2. The van der Waals surface area contributed by atoms with Crippen LogP contribution in [0.3, 0.4) is 0 Å². The number of hydrogen-bond acceptors (Lipinski definition) is 3. The molecule has 1 saturated carbocycles. The van der Waals surface area contributed by atoms with E-state index in [-0.39, 0.29) is 17.7 Å². The van der Waals surface area contributed by atoms with Crippen molar-refractivity contribution in [2.24, 2.45) is 11.8 Å². The third-order valence-electron chi connectivity index (χ3n) is 6.59. The average molecular weight is 373 g/mol. The van der Waals surface area contributed by atoms with Crippen molar-refractivity contribution in [3.63, 3.8) is 0 Å². The Labute approximate surface area is 162 Å². The minimum Gasteiger partial charge on any atom is -0.341 e. The highest BCUT2D eigenvalue weighted by atomic mass is 16.5. The lowest BCUT2D eigenvalue weighted by Crippen LogP contribution is -2.42. The number of benzene rings is 1. The molecule has 1 aromatic rings. The predicted octanol–water partition coefficient (Wildman–Crippen LogP) is 3.58. The summed E-state index contributed by atoms with van der Waals surface area (Å²) < 4.78 is 0. The van der Waals surface area contributed by atoms with Crippen LogP contribution in [-0.2, 0) is 15.0 Å². The Morgan fingerprint density at radius 1 is 1.26 bits per heavy atom. The molecule has 2 aliphatic rings. The number of nitrogens with zero attached hydrogens (tertiary/aromatic N) is 1. The molecule has 0 bridgehead atoms. The summed E-state index contributed by atoms with van der Waals surface area (Å²) in [5.41, 5.74) is 3.51. The predicted molar refractivity (Wildman–Crippen MR) is 104 cm³/mol. The highest BCUT2D eigenvalue weighted by Crippen LogP contribution is 2.37. The normalized spacial score (nSPS) is 24.9. The Bertz CT molecular complexity index is 667. The van der Waals surface area contributed by atoms with Crippen molar-refractivity contribution in [3.8, 4) is 0 Å². The SMILES string of the molecule is Cc1ccc(C2(C)CCN(C[C@H](CC3CCCCC3)C(=O)NO)C2=O)cc1. The molecule has 1 saturated heterocycles. The zero-order valence-electron chi connectivity index (χ0n) is 16.5. The van der Waals surface area contributed by atoms with Crippen LogP contribution < -0.4 is 5.48 Å². The first kappa shape index (κ1) is 19.9. The van der Waals surface area contributed by atoms with E-state index in [2.05, 4.69) is 0 Å². The lowest BCUT2D eigenvalue weighted by atomic mass is 9.80. The molecule has 1 aromatic carbocycles. The van der Waals surface area contributed by atoms with E-state index in [0.717, 1.165) is 31.2 Å². The second kappa shape index (κ2) is 8.42. The summed E-state index contributed by atoms with van der Waals surface area (Å²) >= 11 is 0. The summed E-state index contributed by atoms with van der Waals surface area (Å²) in [6.45, 7) is 5.09. The van der Waals surface area contributed by atoms with Gasteiger partial charge in [-0.25, -0.2) is 5.48 Å². The van der Waals surface area contributed by atoms with E-state index >= 15 is 0 Å². The standard InChI is InChI=1S/C22H32N2O3/c1-16-8-10-19(11-9-16)22(2)12-13-24(21(22)26)15-18(20(25)23-27)14-17-6-4-3-5-7-17/h8-11,17-18,27H,3-7,12-15H2,1-2H3,(H,23,25)/t18-,22?/m0/s1. The van der Waals surface area contributed by atoms with E-state index in [1.807, 2.05) is 48.5 Å². The van der Waals surface area contributed by atoms with Gasteiger partial charge in [-0.1, -0.05) is 61.9 Å². The fraction of sp³-hybridized carbons (Fsp3) is 0.636. The van der Waals surface area contributed by atoms with Crippen molar-refractivity contribution >= 4 is 11.8 Å². The number of nitrogens with one attached hydrogen (secondary N) is 1. The van der Waals surface area contributed by atoms with Crippen LogP contribution in [0.1, 0.15) is 63.0 Å². The van der Waals surface area contributed by atoms with Crippen molar-refractivity contribution in [2.75, 3.05) is 13.1 Å². The Morgan fingerprint density at radius 3 is 2.56 bits per heavy atom. The average Bonchev–Trinajstić information content (AvgIpc) is 2.97. The molecule has 2 N–H and O–H groups in total. The van der Waals surface area contributed by atoms with Gasteiger partial charge in [0.25, 0.3) is 0 Å². The van der Waals surface area contributed by atoms with E-state index in [9.17, 15) is 14.8 Å². The third-order valence-corrected chi connectivity index (χ3v) is 6.59.